The fraction of sp³-hybridized carbons (Fsp3) is 0.200. The summed E-state index contributed by atoms with van der Waals surface area (Å²) in [7, 11) is 0. The Bertz CT molecular complexity index is 976. The summed E-state index contributed by atoms with van der Waals surface area (Å²) in [5, 5.41) is 9.13. The molecule has 0 bridgehead atoms. The largest absolute Gasteiger partial charge is 0.352 e. The molecule has 142 valence electrons. The molecule has 8 heteroatoms. The van der Waals surface area contributed by atoms with Gasteiger partial charge in [0.2, 0.25) is 0 Å². The number of hydrogen-bond acceptors (Lipinski definition) is 5. The van der Waals surface area contributed by atoms with Gasteiger partial charge in [0, 0.05) is 48.6 Å². The van der Waals surface area contributed by atoms with E-state index in [-0.39, 0.29) is 5.91 Å². The minimum atomic E-state index is -0.0519. The number of carbonyl (C=O) groups is 1. The molecule has 3 aromatic rings. The second-order valence-electron chi connectivity index (χ2n) is 6.42. The summed E-state index contributed by atoms with van der Waals surface area (Å²) in [5.41, 5.74) is 2.24. The lowest BCUT2D eigenvalue weighted by Crippen LogP contribution is -2.49. The standard InChI is InChI=1S/C20H17BrClN5O/c21-15-3-4-17(22)16(12-15)20(28)27-10-8-26(9-11-27)19-6-5-18(24-25-19)14-2-1-7-23-13-14/h1-7,12-13H,8-11H2. The highest BCUT2D eigenvalue weighted by atomic mass is 79.9. The van der Waals surface area contributed by atoms with E-state index in [2.05, 4.69) is 36.0 Å². The lowest BCUT2D eigenvalue weighted by molar-refractivity contribution is 0.0746. The maximum Gasteiger partial charge on any atom is 0.255 e. The van der Waals surface area contributed by atoms with Gasteiger partial charge in [-0.15, -0.1) is 10.2 Å². The number of hydrogen-bond donors (Lipinski definition) is 0. The van der Waals surface area contributed by atoms with Gasteiger partial charge in [-0.1, -0.05) is 27.5 Å². The molecule has 6 nitrogen and oxygen atoms in total. The summed E-state index contributed by atoms with van der Waals surface area (Å²) < 4.78 is 0.836. The predicted octanol–water partition coefficient (Wildman–Crippen LogP) is 3.92. The third-order valence-corrected chi connectivity index (χ3v) is 5.48. The summed E-state index contributed by atoms with van der Waals surface area (Å²) in [5.74, 6) is 0.754. The Morgan fingerprint density at radius 3 is 2.54 bits per heavy atom. The van der Waals surface area contributed by atoms with E-state index < -0.39 is 0 Å². The molecule has 1 aliphatic rings. The van der Waals surface area contributed by atoms with Crippen LogP contribution in [0.15, 0.2) is 59.3 Å². The first-order chi connectivity index (χ1) is 13.6. The smallest absolute Gasteiger partial charge is 0.255 e. The Morgan fingerprint density at radius 2 is 1.86 bits per heavy atom. The summed E-state index contributed by atoms with van der Waals surface area (Å²) >= 11 is 9.59. The zero-order valence-electron chi connectivity index (χ0n) is 14.9. The van der Waals surface area contributed by atoms with Gasteiger partial charge in [-0.2, -0.15) is 0 Å². The van der Waals surface area contributed by atoms with Crippen LogP contribution in [0.2, 0.25) is 5.02 Å². The van der Waals surface area contributed by atoms with Gasteiger partial charge in [0.15, 0.2) is 5.82 Å². The first kappa shape index (κ1) is 18.8. The molecule has 1 amide bonds. The van der Waals surface area contributed by atoms with Crippen molar-refractivity contribution in [1.29, 1.82) is 0 Å². The molecule has 0 atom stereocenters. The number of carbonyl (C=O) groups excluding carboxylic acids is 1. The molecule has 28 heavy (non-hydrogen) atoms. The van der Waals surface area contributed by atoms with Crippen LogP contribution in [0.1, 0.15) is 10.4 Å². The van der Waals surface area contributed by atoms with Gasteiger partial charge >= 0.3 is 0 Å². The van der Waals surface area contributed by atoms with E-state index in [9.17, 15) is 4.79 Å². The molecule has 0 saturated carbocycles. The van der Waals surface area contributed by atoms with Gasteiger partial charge < -0.3 is 9.80 Å². The Labute approximate surface area is 176 Å². The molecular weight excluding hydrogens is 442 g/mol. The molecule has 0 unspecified atom stereocenters. The molecule has 4 rings (SSSR count). The number of nitrogens with zero attached hydrogens (tertiary/aromatic N) is 5. The number of halogens is 2. The molecule has 1 aromatic carbocycles. The first-order valence-corrected chi connectivity index (χ1v) is 10.0. The van der Waals surface area contributed by atoms with Crippen LogP contribution >= 0.6 is 27.5 Å². The minimum Gasteiger partial charge on any atom is -0.352 e. The number of rotatable bonds is 3. The molecule has 2 aromatic heterocycles. The van der Waals surface area contributed by atoms with Crippen LogP contribution in [-0.4, -0.2) is 52.2 Å². The first-order valence-electron chi connectivity index (χ1n) is 8.85. The highest BCUT2D eigenvalue weighted by molar-refractivity contribution is 9.10. The number of aromatic nitrogens is 3. The third kappa shape index (κ3) is 4.00. The number of pyridine rings is 1. The second-order valence-corrected chi connectivity index (χ2v) is 7.74. The third-order valence-electron chi connectivity index (χ3n) is 4.66. The van der Waals surface area contributed by atoms with Gasteiger partial charge in [-0.25, -0.2) is 0 Å². The predicted molar refractivity (Wildman–Crippen MR) is 113 cm³/mol. The van der Waals surface area contributed by atoms with Gasteiger partial charge in [-0.05, 0) is 42.5 Å². The zero-order valence-corrected chi connectivity index (χ0v) is 17.3. The van der Waals surface area contributed by atoms with E-state index in [0.717, 1.165) is 21.5 Å². The summed E-state index contributed by atoms with van der Waals surface area (Å²) in [6.45, 7) is 2.60. The molecule has 3 heterocycles. The van der Waals surface area contributed by atoms with Crippen molar-refractivity contribution in [3.63, 3.8) is 0 Å². The van der Waals surface area contributed by atoms with Crippen LogP contribution in [0.3, 0.4) is 0 Å². The molecule has 1 aliphatic heterocycles. The van der Waals surface area contributed by atoms with Crippen LogP contribution in [0.4, 0.5) is 5.82 Å². The Hall–Kier alpha value is -2.51. The van der Waals surface area contributed by atoms with Crippen LogP contribution in [0.5, 0.6) is 0 Å². The van der Waals surface area contributed by atoms with E-state index in [1.165, 1.54) is 0 Å². The maximum absolute atomic E-state index is 12.8. The monoisotopic (exact) mass is 457 g/mol. The number of piperazine rings is 1. The van der Waals surface area contributed by atoms with Gasteiger partial charge in [0.1, 0.15) is 0 Å². The molecule has 0 N–H and O–H groups in total. The molecular formula is C20H17BrClN5O. The van der Waals surface area contributed by atoms with Crippen LogP contribution in [0.25, 0.3) is 11.3 Å². The van der Waals surface area contributed by atoms with Crippen molar-refractivity contribution < 1.29 is 4.79 Å². The van der Waals surface area contributed by atoms with E-state index in [4.69, 9.17) is 11.6 Å². The summed E-state index contributed by atoms with van der Waals surface area (Å²) in [6.07, 6.45) is 3.49. The van der Waals surface area contributed by atoms with E-state index in [0.29, 0.717) is 36.8 Å². The van der Waals surface area contributed by atoms with Gasteiger partial charge in [0.05, 0.1) is 16.3 Å². The lowest BCUT2D eigenvalue weighted by atomic mass is 10.1. The van der Waals surface area contributed by atoms with Gasteiger partial charge in [-0.3, -0.25) is 9.78 Å². The number of benzene rings is 1. The molecule has 0 aliphatic carbocycles. The fourth-order valence-corrected chi connectivity index (χ4v) is 3.69. The van der Waals surface area contributed by atoms with Crippen molar-refractivity contribution in [3.8, 4) is 11.3 Å². The molecule has 0 spiro atoms. The second kappa shape index (κ2) is 8.24. The fourth-order valence-electron chi connectivity index (χ4n) is 3.13. The van der Waals surface area contributed by atoms with Crippen LogP contribution in [-0.2, 0) is 0 Å². The van der Waals surface area contributed by atoms with E-state index in [1.54, 1.807) is 24.5 Å². The average molecular weight is 459 g/mol. The minimum absolute atomic E-state index is 0.0519. The zero-order chi connectivity index (χ0) is 19.5. The summed E-state index contributed by atoms with van der Waals surface area (Å²) in [6, 6.07) is 13.0. The highest BCUT2D eigenvalue weighted by Gasteiger charge is 2.24. The van der Waals surface area contributed by atoms with E-state index >= 15 is 0 Å². The summed E-state index contributed by atoms with van der Waals surface area (Å²) in [4.78, 5) is 20.8. The average Bonchev–Trinajstić information content (AvgIpc) is 2.76. The van der Waals surface area contributed by atoms with Crippen molar-refractivity contribution in [2.24, 2.45) is 0 Å². The quantitative estimate of drug-likeness (QED) is 0.595. The highest BCUT2D eigenvalue weighted by Crippen LogP contribution is 2.24. The SMILES string of the molecule is O=C(c1cc(Br)ccc1Cl)N1CCN(c2ccc(-c3cccnc3)nn2)CC1. The molecule has 1 saturated heterocycles. The number of amides is 1. The van der Waals surface area contributed by atoms with E-state index in [1.807, 2.05) is 35.2 Å². The van der Waals surface area contributed by atoms with Gasteiger partial charge in [0.25, 0.3) is 5.91 Å². The van der Waals surface area contributed by atoms with Crippen molar-refractivity contribution in [1.82, 2.24) is 20.1 Å². The number of anilines is 1. The van der Waals surface area contributed by atoms with Crippen molar-refractivity contribution in [3.05, 3.63) is 69.9 Å². The van der Waals surface area contributed by atoms with Crippen LogP contribution < -0.4 is 4.90 Å². The Kier molecular flexibility index (Phi) is 5.54. The Morgan fingerprint density at radius 1 is 1.04 bits per heavy atom. The molecule has 1 fully saturated rings. The molecule has 0 radical (unpaired) electrons. The normalized spacial score (nSPS) is 14.2. The maximum atomic E-state index is 12.8. The van der Waals surface area contributed by atoms with Crippen LogP contribution in [0, 0.1) is 0 Å². The lowest BCUT2D eigenvalue weighted by Gasteiger charge is -2.35. The van der Waals surface area contributed by atoms with Crippen molar-refractivity contribution >= 4 is 39.3 Å². The topological polar surface area (TPSA) is 62.2 Å². The van der Waals surface area contributed by atoms with Crippen molar-refractivity contribution in [2.45, 2.75) is 0 Å². The van der Waals surface area contributed by atoms with Crippen molar-refractivity contribution in [2.75, 3.05) is 31.1 Å². The Balaban J connectivity index is 1.41.